The zero-order valence-electron chi connectivity index (χ0n) is 11.7. The van der Waals surface area contributed by atoms with Crippen molar-refractivity contribution < 1.29 is 24.2 Å². The summed E-state index contributed by atoms with van der Waals surface area (Å²) in [5, 5.41) is 11.5. The highest BCUT2D eigenvalue weighted by Crippen LogP contribution is 2.09. The number of hydrogen-bond acceptors (Lipinski definition) is 4. The van der Waals surface area contributed by atoms with Crippen molar-refractivity contribution in [2.24, 2.45) is 0 Å². The number of carbonyl (C=O) groups excluding carboxylic acids is 2. The normalized spacial score (nSPS) is 12.3. The first kappa shape index (κ1) is 17.9. The molecule has 0 radical (unpaired) electrons. The molecule has 0 aliphatic carbocycles. The van der Waals surface area contributed by atoms with E-state index in [4.69, 9.17) is 9.84 Å². The summed E-state index contributed by atoms with van der Waals surface area (Å²) in [6, 6.07) is 7.48. The zero-order valence-corrected chi connectivity index (χ0v) is 13.3. The number of carbonyl (C=O) groups is 3. The molecule has 0 aromatic heterocycles. The first-order valence-corrected chi connectivity index (χ1v) is 7.60. The second-order valence-corrected chi connectivity index (χ2v) is 4.87. The lowest BCUT2D eigenvalue weighted by Crippen LogP contribution is -2.34. The number of nitrogens with one attached hydrogen (secondary N) is 1. The number of benzene rings is 1. The highest BCUT2D eigenvalue weighted by molar-refractivity contribution is 9.09. The van der Waals surface area contributed by atoms with Gasteiger partial charge in [-0.15, -0.1) is 0 Å². The fourth-order valence-corrected chi connectivity index (χ4v) is 2.09. The first-order valence-electron chi connectivity index (χ1n) is 6.48. The third-order valence-electron chi connectivity index (χ3n) is 2.75. The molecule has 1 atom stereocenters. The molecule has 0 fully saturated rings. The first-order chi connectivity index (χ1) is 10.6. The number of hydrogen-bond donors (Lipinski definition) is 2. The summed E-state index contributed by atoms with van der Waals surface area (Å²) < 4.78 is 5.12. The largest absolute Gasteiger partial charge is 0.479 e. The zero-order chi connectivity index (χ0) is 16.4. The molecule has 22 heavy (non-hydrogen) atoms. The Morgan fingerprint density at radius 1 is 1.32 bits per heavy atom. The number of carboxylic acid groups (broad SMARTS) is 1. The second kappa shape index (κ2) is 9.73. The summed E-state index contributed by atoms with van der Waals surface area (Å²) in [6.07, 6.45) is 2.12. The van der Waals surface area contributed by atoms with Crippen LogP contribution in [0.5, 0.6) is 0 Å². The molecule has 1 amide bonds. The summed E-state index contributed by atoms with van der Waals surface area (Å²) >= 11 is 3.24. The Morgan fingerprint density at radius 3 is 2.55 bits per heavy atom. The van der Waals surface area contributed by atoms with Crippen molar-refractivity contribution in [2.45, 2.75) is 12.5 Å². The maximum absolute atomic E-state index is 11.7. The number of halogens is 1. The van der Waals surface area contributed by atoms with Gasteiger partial charge in [-0.2, -0.15) is 0 Å². The van der Waals surface area contributed by atoms with E-state index in [9.17, 15) is 14.4 Å². The molecule has 1 aromatic carbocycles. The van der Waals surface area contributed by atoms with E-state index < -0.39 is 18.0 Å². The molecule has 118 valence electrons. The van der Waals surface area contributed by atoms with E-state index in [2.05, 4.69) is 21.2 Å². The van der Waals surface area contributed by atoms with Gasteiger partial charge in [0.1, 0.15) is 6.04 Å². The van der Waals surface area contributed by atoms with Crippen molar-refractivity contribution in [3.8, 4) is 0 Å². The lowest BCUT2D eigenvalue weighted by molar-refractivity contribution is -0.139. The molecule has 0 bridgehead atoms. The highest BCUT2D eigenvalue weighted by Gasteiger charge is 2.14. The monoisotopic (exact) mass is 369 g/mol. The van der Waals surface area contributed by atoms with Crippen LogP contribution in [0.4, 0.5) is 0 Å². The van der Waals surface area contributed by atoms with Crippen molar-refractivity contribution in [3.05, 3.63) is 47.5 Å². The van der Waals surface area contributed by atoms with E-state index in [1.54, 1.807) is 30.3 Å². The maximum Gasteiger partial charge on any atom is 0.338 e. The van der Waals surface area contributed by atoms with Gasteiger partial charge in [0.05, 0.1) is 12.2 Å². The van der Waals surface area contributed by atoms with Crippen LogP contribution in [0.25, 0.3) is 0 Å². The standard InChI is InChI=1S/C15H16BrNO5/c16-9-11(8-13(14(19)20)17-10-18)6-7-22-15(21)12-4-2-1-3-5-12/h1-5,8,10,13H,6-7,9H2,(H,17,18)(H,19,20)/b11-8-. The van der Waals surface area contributed by atoms with Crippen LogP contribution in [0.2, 0.25) is 0 Å². The van der Waals surface area contributed by atoms with Crippen LogP contribution in [0, 0.1) is 0 Å². The summed E-state index contributed by atoms with van der Waals surface area (Å²) in [4.78, 5) is 33.0. The molecule has 7 heteroatoms. The van der Waals surface area contributed by atoms with E-state index in [1.165, 1.54) is 6.08 Å². The Hall–Kier alpha value is -2.15. The molecular weight excluding hydrogens is 354 g/mol. The van der Waals surface area contributed by atoms with Gasteiger partial charge in [-0.25, -0.2) is 9.59 Å². The molecular formula is C15H16BrNO5. The molecule has 1 unspecified atom stereocenters. The second-order valence-electron chi connectivity index (χ2n) is 4.31. The smallest absolute Gasteiger partial charge is 0.338 e. The van der Waals surface area contributed by atoms with E-state index in [1.807, 2.05) is 0 Å². The van der Waals surface area contributed by atoms with Crippen LogP contribution in [0.3, 0.4) is 0 Å². The van der Waals surface area contributed by atoms with E-state index in [0.29, 0.717) is 29.3 Å². The van der Waals surface area contributed by atoms with Gasteiger partial charge in [0.15, 0.2) is 0 Å². The predicted molar refractivity (Wildman–Crippen MR) is 83.8 cm³/mol. The van der Waals surface area contributed by atoms with Crippen LogP contribution in [0.1, 0.15) is 16.8 Å². The average Bonchev–Trinajstić information content (AvgIpc) is 2.53. The van der Waals surface area contributed by atoms with Gasteiger partial charge >= 0.3 is 11.9 Å². The number of rotatable bonds is 9. The summed E-state index contributed by atoms with van der Waals surface area (Å²) in [6.45, 7) is 0.124. The fourth-order valence-electron chi connectivity index (χ4n) is 1.63. The maximum atomic E-state index is 11.7. The van der Waals surface area contributed by atoms with Gasteiger partial charge in [0.2, 0.25) is 6.41 Å². The van der Waals surface area contributed by atoms with Crippen LogP contribution in [0.15, 0.2) is 42.0 Å². The molecule has 0 aliphatic heterocycles. The minimum atomic E-state index is -1.16. The van der Waals surface area contributed by atoms with Gasteiger partial charge in [-0.1, -0.05) is 45.8 Å². The van der Waals surface area contributed by atoms with Gasteiger partial charge in [0.25, 0.3) is 0 Å². The molecule has 0 heterocycles. The molecule has 0 saturated heterocycles. The minimum Gasteiger partial charge on any atom is -0.479 e. The molecule has 0 saturated carbocycles. The highest BCUT2D eigenvalue weighted by atomic mass is 79.9. The molecule has 1 aromatic rings. The molecule has 0 spiro atoms. The number of alkyl halides is 1. The Morgan fingerprint density at radius 2 is 2.00 bits per heavy atom. The van der Waals surface area contributed by atoms with E-state index >= 15 is 0 Å². The lowest BCUT2D eigenvalue weighted by atomic mass is 10.1. The molecule has 0 aliphatic rings. The quantitative estimate of drug-likeness (QED) is 0.299. The summed E-state index contributed by atoms with van der Waals surface area (Å²) in [5.41, 5.74) is 1.17. The Kier molecular flexibility index (Phi) is 7.91. The van der Waals surface area contributed by atoms with Crippen molar-refractivity contribution in [1.82, 2.24) is 5.32 Å². The van der Waals surface area contributed by atoms with E-state index in [0.717, 1.165) is 0 Å². The Balaban J connectivity index is 2.54. The van der Waals surface area contributed by atoms with Gasteiger partial charge in [-0.3, -0.25) is 4.79 Å². The van der Waals surface area contributed by atoms with Crippen LogP contribution >= 0.6 is 15.9 Å². The number of carboxylic acids is 1. The van der Waals surface area contributed by atoms with Crippen LogP contribution in [-0.4, -0.2) is 41.4 Å². The number of amides is 1. The number of ether oxygens (including phenoxy) is 1. The SMILES string of the molecule is O=CNC(/C=C(\CBr)CCOC(=O)c1ccccc1)C(=O)O. The van der Waals surface area contributed by atoms with Gasteiger partial charge in [-0.05, 0) is 12.1 Å². The Bertz CT molecular complexity index is 544. The third kappa shape index (κ3) is 6.09. The lowest BCUT2D eigenvalue weighted by Gasteiger charge is -2.10. The van der Waals surface area contributed by atoms with Crippen molar-refractivity contribution in [2.75, 3.05) is 11.9 Å². The van der Waals surface area contributed by atoms with Crippen molar-refractivity contribution in [3.63, 3.8) is 0 Å². The van der Waals surface area contributed by atoms with Gasteiger partial charge < -0.3 is 15.2 Å². The van der Waals surface area contributed by atoms with Crippen molar-refractivity contribution in [1.29, 1.82) is 0 Å². The summed E-state index contributed by atoms with van der Waals surface area (Å²) in [7, 11) is 0. The third-order valence-corrected chi connectivity index (χ3v) is 3.47. The van der Waals surface area contributed by atoms with Crippen LogP contribution < -0.4 is 5.32 Å². The van der Waals surface area contributed by atoms with Crippen LogP contribution in [-0.2, 0) is 14.3 Å². The fraction of sp³-hybridized carbons (Fsp3) is 0.267. The number of aliphatic carboxylic acids is 1. The van der Waals surface area contributed by atoms with Crippen molar-refractivity contribution >= 4 is 34.3 Å². The van der Waals surface area contributed by atoms with E-state index in [-0.39, 0.29) is 6.61 Å². The summed E-state index contributed by atoms with van der Waals surface area (Å²) in [5.74, 6) is -1.60. The van der Waals surface area contributed by atoms with Gasteiger partial charge in [0, 0.05) is 11.8 Å². The minimum absolute atomic E-state index is 0.124. The number of esters is 1. The topological polar surface area (TPSA) is 92.7 Å². The predicted octanol–water partition coefficient (Wildman–Crippen LogP) is 1.75. The average molecular weight is 370 g/mol. The molecule has 6 nitrogen and oxygen atoms in total. The Labute approximate surface area is 136 Å². The molecule has 2 N–H and O–H groups in total. The molecule has 1 rings (SSSR count).